The van der Waals surface area contributed by atoms with E-state index >= 15 is 0 Å². The van der Waals surface area contributed by atoms with Crippen molar-refractivity contribution < 1.29 is 9.18 Å². The quantitative estimate of drug-likeness (QED) is 0.521. The molecule has 0 saturated carbocycles. The molecule has 0 spiro atoms. The summed E-state index contributed by atoms with van der Waals surface area (Å²) in [4.78, 5) is 12.2. The van der Waals surface area contributed by atoms with Crippen molar-refractivity contribution in [3.8, 4) is 11.4 Å². The van der Waals surface area contributed by atoms with Crippen LogP contribution in [0.2, 0.25) is 0 Å². The van der Waals surface area contributed by atoms with E-state index in [4.69, 9.17) is 5.84 Å². The van der Waals surface area contributed by atoms with Gasteiger partial charge in [0.25, 0.3) is 0 Å². The Morgan fingerprint density at radius 1 is 1.31 bits per heavy atom. The Kier molecular flexibility index (Phi) is 4.94. The number of hydrogen-bond donors (Lipinski definition) is 2. The molecule has 0 bridgehead atoms. The van der Waals surface area contributed by atoms with Crippen LogP contribution in [-0.2, 0) is 11.8 Å². The largest absolute Gasteiger partial charge is 0.335 e. The van der Waals surface area contributed by atoms with Gasteiger partial charge in [0, 0.05) is 7.05 Å². The second-order valence-corrected chi connectivity index (χ2v) is 6.60. The Balaban J connectivity index is 1.69. The minimum absolute atomic E-state index is 0.0837. The number of nitrogens with zero attached hydrogens (tertiary/aromatic N) is 5. The van der Waals surface area contributed by atoms with E-state index in [0.29, 0.717) is 10.8 Å². The third-order valence-corrected chi connectivity index (χ3v) is 4.83. The van der Waals surface area contributed by atoms with Crippen molar-refractivity contribution in [1.29, 1.82) is 0 Å². The van der Waals surface area contributed by atoms with Gasteiger partial charge in [0.05, 0.1) is 28.4 Å². The second-order valence-electron chi connectivity index (χ2n) is 5.66. The van der Waals surface area contributed by atoms with Crippen LogP contribution in [0.3, 0.4) is 0 Å². The highest BCUT2D eigenvalue weighted by Crippen LogP contribution is 2.24. The highest BCUT2D eigenvalue weighted by Gasteiger charge is 2.17. The van der Waals surface area contributed by atoms with Crippen LogP contribution in [0.25, 0.3) is 11.4 Å². The molecule has 2 aromatic heterocycles. The molecule has 0 fully saturated rings. The standard InChI is InChI=1S/C16H18FN7OS/c1-9-14(10(2)23(3)22-9)19-13(25)8-26-16-21-20-15(24(16)18)11-6-4-5-7-12(11)17/h4-7H,8,18H2,1-3H3,(H,19,25). The first kappa shape index (κ1) is 17.9. The number of thioether (sulfide) groups is 1. The fourth-order valence-electron chi connectivity index (χ4n) is 2.46. The number of nitrogens with one attached hydrogen (secondary N) is 1. The zero-order valence-corrected chi connectivity index (χ0v) is 15.3. The number of halogens is 1. The maximum absolute atomic E-state index is 13.9. The number of anilines is 1. The number of nitrogens with two attached hydrogens (primary N) is 1. The van der Waals surface area contributed by atoms with Crippen molar-refractivity contribution in [2.75, 3.05) is 16.9 Å². The Morgan fingerprint density at radius 2 is 2.04 bits per heavy atom. The van der Waals surface area contributed by atoms with Crippen molar-refractivity contribution >= 4 is 23.4 Å². The average Bonchev–Trinajstić information content (AvgIpc) is 3.08. The van der Waals surface area contributed by atoms with E-state index in [0.717, 1.165) is 23.1 Å². The zero-order valence-electron chi connectivity index (χ0n) is 14.5. The fourth-order valence-corrected chi connectivity index (χ4v) is 3.12. The number of carbonyl (C=O) groups is 1. The van der Waals surface area contributed by atoms with Gasteiger partial charge in [0.15, 0.2) is 5.82 Å². The normalized spacial score (nSPS) is 10.9. The molecule has 136 valence electrons. The highest BCUT2D eigenvalue weighted by molar-refractivity contribution is 7.99. The van der Waals surface area contributed by atoms with Gasteiger partial charge in [-0.15, -0.1) is 10.2 Å². The van der Waals surface area contributed by atoms with Gasteiger partial charge < -0.3 is 11.2 Å². The van der Waals surface area contributed by atoms with E-state index in [2.05, 4.69) is 20.6 Å². The first-order chi connectivity index (χ1) is 12.4. The average molecular weight is 375 g/mol. The van der Waals surface area contributed by atoms with Crippen LogP contribution < -0.4 is 11.2 Å². The number of rotatable bonds is 5. The van der Waals surface area contributed by atoms with Crippen LogP contribution in [0, 0.1) is 19.7 Å². The molecule has 10 heteroatoms. The number of aryl methyl sites for hydroxylation is 2. The highest BCUT2D eigenvalue weighted by atomic mass is 32.2. The third kappa shape index (κ3) is 3.40. The Hall–Kier alpha value is -2.88. The lowest BCUT2D eigenvalue weighted by Gasteiger charge is -2.06. The first-order valence-corrected chi connectivity index (χ1v) is 8.75. The molecule has 0 aliphatic rings. The third-order valence-electron chi connectivity index (χ3n) is 3.89. The molecule has 3 aromatic rings. The number of nitrogen functional groups attached to an aromatic ring is 1. The molecule has 0 radical (unpaired) electrons. The maximum Gasteiger partial charge on any atom is 0.234 e. The van der Waals surface area contributed by atoms with E-state index in [-0.39, 0.29) is 23.0 Å². The summed E-state index contributed by atoms with van der Waals surface area (Å²) in [6.45, 7) is 3.70. The summed E-state index contributed by atoms with van der Waals surface area (Å²) in [6.07, 6.45) is 0. The lowest BCUT2D eigenvalue weighted by molar-refractivity contribution is -0.113. The summed E-state index contributed by atoms with van der Waals surface area (Å²) < 4.78 is 16.8. The molecule has 2 heterocycles. The summed E-state index contributed by atoms with van der Waals surface area (Å²) in [6, 6.07) is 6.16. The van der Waals surface area contributed by atoms with E-state index in [1.54, 1.807) is 22.9 Å². The van der Waals surface area contributed by atoms with Gasteiger partial charge in [-0.2, -0.15) is 5.10 Å². The van der Waals surface area contributed by atoms with Gasteiger partial charge in [-0.3, -0.25) is 9.48 Å². The van der Waals surface area contributed by atoms with E-state index in [9.17, 15) is 9.18 Å². The van der Waals surface area contributed by atoms with Crippen LogP contribution in [0.5, 0.6) is 0 Å². The van der Waals surface area contributed by atoms with Crippen molar-refractivity contribution in [2.24, 2.45) is 7.05 Å². The SMILES string of the molecule is Cc1nn(C)c(C)c1NC(=O)CSc1nnc(-c2ccccc2F)n1N. The Labute approximate surface area is 153 Å². The molecule has 3 rings (SSSR count). The van der Waals surface area contributed by atoms with Gasteiger partial charge in [-0.05, 0) is 26.0 Å². The Bertz CT molecular complexity index is 966. The number of hydrogen-bond acceptors (Lipinski definition) is 6. The van der Waals surface area contributed by atoms with Gasteiger partial charge in [-0.1, -0.05) is 23.9 Å². The van der Waals surface area contributed by atoms with Gasteiger partial charge >= 0.3 is 0 Å². The molecule has 0 aliphatic carbocycles. The fraction of sp³-hybridized carbons (Fsp3) is 0.250. The zero-order chi connectivity index (χ0) is 18.8. The van der Waals surface area contributed by atoms with Gasteiger partial charge in [0.1, 0.15) is 5.82 Å². The molecule has 0 aliphatic heterocycles. The van der Waals surface area contributed by atoms with Gasteiger partial charge in [-0.25, -0.2) is 9.07 Å². The van der Waals surface area contributed by atoms with E-state index in [1.165, 1.54) is 10.7 Å². The number of benzene rings is 1. The smallest absolute Gasteiger partial charge is 0.234 e. The van der Waals surface area contributed by atoms with Crippen molar-refractivity contribution in [2.45, 2.75) is 19.0 Å². The molecule has 26 heavy (non-hydrogen) atoms. The minimum Gasteiger partial charge on any atom is -0.335 e. The maximum atomic E-state index is 13.9. The molecule has 8 nitrogen and oxygen atoms in total. The summed E-state index contributed by atoms with van der Waals surface area (Å²) in [7, 11) is 1.81. The van der Waals surface area contributed by atoms with Crippen LogP contribution in [0.1, 0.15) is 11.4 Å². The minimum atomic E-state index is -0.441. The van der Waals surface area contributed by atoms with E-state index < -0.39 is 5.82 Å². The summed E-state index contributed by atoms with van der Waals surface area (Å²) in [5.74, 6) is 5.58. The molecular weight excluding hydrogens is 357 g/mol. The molecule has 1 aromatic carbocycles. The van der Waals surface area contributed by atoms with Crippen LogP contribution in [0.4, 0.5) is 10.1 Å². The summed E-state index contributed by atoms with van der Waals surface area (Å²) in [5, 5.41) is 15.3. The molecule has 0 unspecified atom stereocenters. The topological polar surface area (TPSA) is 104 Å². The molecule has 0 atom stereocenters. The van der Waals surface area contributed by atoms with E-state index in [1.807, 2.05) is 20.9 Å². The first-order valence-electron chi connectivity index (χ1n) is 7.76. The number of carbonyl (C=O) groups excluding carboxylic acids is 1. The molecule has 0 saturated heterocycles. The van der Waals surface area contributed by atoms with Gasteiger partial charge in [0.2, 0.25) is 11.1 Å². The molecule has 1 amide bonds. The Morgan fingerprint density at radius 3 is 2.69 bits per heavy atom. The predicted octanol–water partition coefficient (Wildman–Crippen LogP) is 1.88. The van der Waals surface area contributed by atoms with Crippen LogP contribution in [-0.4, -0.2) is 36.3 Å². The lowest BCUT2D eigenvalue weighted by Crippen LogP contribution is -2.17. The number of aromatic nitrogens is 5. The van der Waals surface area contributed by atoms with Crippen molar-refractivity contribution in [1.82, 2.24) is 24.7 Å². The lowest BCUT2D eigenvalue weighted by atomic mass is 10.2. The van der Waals surface area contributed by atoms with Crippen LogP contribution in [0.15, 0.2) is 29.4 Å². The van der Waals surface area contributed by atoms with Crippen molar-refractivity contribution in [3.63, 3.8) is 0 Å². The summed E-state index contributed by atoms with van der Waals surface area (Å²) >= 11 is 1.12. The van der Waals surface area contributed by atoms with Crippen molar-refractivity contribution in [3.05, 3.63) is 41.5 Å². The molecular formula is C16H18FN7OS. The number of amides is 1. The second kappa shape index (κ2) is 7.16. The predicted molar refractivity (Wildman–Crippen MR) is 97.6 cm³/mol. The van der Waals surface area contributed by atoms with Crippen LogP contribution >= 0.6 is 11.8 Å². The monoisotopic (exact) mass is 375 g/mol. The summed E-state index contributed by atoms with van der Waals surface area (Å²) in [5.41, 5.74) is 2.55. The molecule has 3 N–H and O–H groups in total.